The van der Waals surface area contributed by atoms with E-state index in [0.717, 1.165) is 17.9 Å². The van der Waals surface area contributed by atoms with E-state index in [-0.39, 0.29) is 11.8 Å². The molecule has 0 radical (unpaired) electrons. The zero-order chi connectivity index (χ0) is 16.2. The summed E-state index contributed by atoms with van der Waals surface area (Å²) in [6.45, 7) is 1.25. The first-order chi connectivity index (χ1) is 10.4. The van der Waals surface area contributed by atoms with Crippen molar-refractivity contribution in [1.29, 1.82) is 0 Å². The normalized spacial score (nSPS) is 21.0. The molecule has 0 amide bonds. The van der Waals surface area contributed by atoms with Crippen LogP contribution in [0.2, 0.25) is 0 Å². The van der Waals surface area contributed by atoms with Crippen LogP contribution in [0.1, 0.15) is 12.0 Å². The van der Waals surface area contributed by atoms with E-state index in [0.29, 0.717) is 18.7 Å². The monoisotopic (exact) mass is 346 g/mol. The maximum absolute atomic E-state index is 13.3. The van der Waals surface area contributed by atoms with Crippen molar-refractivity contribution in [1.82, 2.24) is 9.21 Å². The Morgan fingerprint density at radius 3 is 2.86 bits per heavy atom. The van der Waals surface area contributed by atoms with Gasteiger partial charge >= 0.3 is 0 Å². The maximum Gasteiger partial charge on any atom is 0.218 e. The number of sulfonamides is 1. The third-order valence-corrected chi connectivity index (χ3v) is 6.65. The van der Waals surface area contributed by atoms with Gasteiger partial charge in [-0.15, -0.1) is 0 Å². The largest absolute Gasteiger partial charge is 0.308 e. The van der Waals surface area contributed by atoms with Gasteiger partial charge in [-0.2, -0.15) is 16.1 Å². The average molecular weight is 346 g/mol. The third-order valence-electron chi connectivity index (χ3n) is 3.56. The summed E-state index contributed by atoms with van der Waals surface area (Å²) in [6.07, 6.45) is 0.858. The first kappa shape index (κ1) is 17.7. The fourth-order valence-electron chi connectivity index (χ4n) is 2.66. The molecule has 2 rings (SSSR count). The quantitative estimate of drug-likeness (QED) is 0.818. The zero-order valence-corrected chi connectivity index (χ0v) is 14.7. The third kappa shape index (κ3) is 4.94. The number of hydrogen-bond acceptors (Lipinski definition) is 4. The zero-order valence-electron chi connectivity index (χ0n) is 13.0. The molecule has 0 saturated carbocycles. The number of thioether (sulfide) groups is 1. The van der Waals surface area contributed by atoms with Gasteiger partial charge in [-0.25, -0.2) is 12.8 Å². The van der Waals surface area contributed by atoms with E-state index in [4.69, 9.17) is 0 Å². The van der Waals surface area contributed by atoms with Crippen molar-refractivity contribution in [2.45, 2.75) is 18.2 Å². The molecule has 0 spiro atoms. The van der Waals surface area contributed by atoms with Crippen molar-refractivity contribution in [3.8, 4) is 0 Å². The van der Waals surface area contributed by atoms with Crippen molar-refractivity contribution in [3.63, 3.8) is 0 Å². The second kappa shape index (κ2) is 7.77. The minimum atomic E-state index is -3.44. The molecule has 4 nitrogen and oxygen atoms in total. The number of halogens is 1. The van der Waals surface area contributed by atoms with Crippen molar-refractivity contribution < 1.29 is 12.8 Å². The highest BCUT2D eigenvalue weighted by atomic mass is 32.2. The maximum atomic E-state index is 13.3. The van der Waals surface area contributed by atoms with Gasteiger partial charge in [-0.05, 0) is 44.0 Å². The fraction of sp³-hybridized carbons (Fsp3) is 0.600. The van der Waals surface area contributed by atoms with Crippen molar-refractivity contribution in [3.05, 3.63) is 35.6 Å². The summed E-state index contributed by atoms with van der Waals surface area (Å²) >= 11 is 1.80. The molecule has 1 saturated heterocycles. The summed E-state index contributed by atoms with van der Waals surface area (Å²) in [6, 6.07) is 5.81. The molecule has 1 aliphatic rings. The van der Waals surface area contributed by atoms with Crippen molar-refractivity contribution in [2.75, 3.05) is 38.7 Å². The summed E-state index contributed by atoms with van der Waals surface area (Å²) < 4.78 is 40.5. The molecule has 7 heteroatoms. The molecule has 1 aromatic rings. The molecule has 1 aromatic carbocycles. The Bertz CT molecular complexity index is 593. The van der Waals surface area contributed by atoms with E-state index in [1.807, 2.05) is 19.0 Å². The van der Waals surface area contributed by atoms with Crippen LogP contribution in [0.15, 0.2) is 24.3 Å². The Labute approximate surface area is 136 Å². The molecular formula is C15H23FN2O2S2. The Morgan fingerprint density at radius 2 is 2.18 bits per heavy atom. The molecule has 1 atom stereocenters. The standard InChI is InChI=1S/C15H23FN2O2S2/c1-17(2)10-15-11-21-8-4-7-18(15)22(19,20)12-13-5-3-6-14(16)9-13/h3,5-6,9,15H,4,7-8,10-12H2,1-2H3/t15-/m0/s1. The van der Waals surface area contributed by atoms with E-state index < -0.39 is 15.8 Å². The molecule has 22 heavy (non-hydrogen) atoms. The van der Waals surface area contributed by atoms with Crippen LogP contribution < -0.4 is 0 Å². The Kier molecular flexibility index (Phi) is 6.26. The number of benzene rings is 1. The Hall–Kier alpha value is -0.630. The van der Waals surface area contributed by atoms with E-state index in [9.17, 15) is 12.8 Å². The number of hydrogen-bond donors (Lipinski definition) is 0. The average Bonchev–Trinajstić information content (AvgIpc) is 2.63. The molecule has 0 bridgehead atoms. The van der Waals surface area contributed by atoms with Gasteiger partial charge in [0.1, 0.15) is 5.82 Å². The van der Waals surface area contributed by atoms with Crippen molar-refractivity contribution in [2.24, 2.45) is 0 Å². The lowest BCUT2D eigenvalue weighted by Gasteiger charge is -2.30. The van der Waals surface area contributed by atoms with Gasteiger partial charge in [0.15, 0.2) is 0 Å². The van der Waals surface area contributed by atoms with E-state index in [1.165, 1.54) is 12.1 Å². The highest BCUT2D eigenvalue weighted by Gasteiger charge is 2.31. The Morgan fingerprint density at radius 1 is 1.41 bits per heavy atom. The summed E-state index contributed by atoms with van der Waals surface area (Å²) in [5.41, 5.74) is 0.500. The van der Waals surface area contributed by atoms with Gasteiger partial charge in [0.2, 0.25) is 10.0 Å². The molecule has 0 aromatic heterocycles. The van der Waals surface area contributed by atoms with Crippen LogP contribution in [0, 0.1) is 5.82 Å². The highest BCUT2D eigenvalue weighted by Crippen LogP contribution is 2.22. The topological polar surface area (TPSA) is 40.6 Å². The molecule has 1 aliphatic heterocycles. The summed E-state index contributed by atoms with van der Waals surface area (Å²) in [5.74, 6) is 1.25. The summed E-state index contributed by atoms with van der Waals surface area (Å²) in [4.78, 5) is 2.02. The van der Waals surface area contributed by atoms with E-state index in [1.54, 1.807) is 28.2 Å². The van der Waals surface area contributed by atoms with Gasteiger partial charge < -0.3 is 4.90 Å². The summed E-state index contributed by atoms with van der Waals surface area (Å²) in [7, 11) is 0.458. The first-order valence-electron chi connectivity index (χ1n) is 7.35. The van der Waals surface area contributed by atoms with Crippen LogP contribution in [0.25, 0.3) is 0 Å². The smallest absolute Gasteiger partial charge is 0.218 e. The van der Waals surface area contributed by atoms with Crippen LogP contribution in [0.3, 0.4) is 0 Å². The van der Waals surface area contributed by atoms with Crippen LogP contribution in [0.5, 0.6) is 0 Å². The lowest BCUT2D eigenvalue weighted by molar-refractivity contribution is 0.271. The second-order valence-electron chi connectivity index (χ2n) is 5.84. The molecule has 0 aliphatic carbocycles. The van der Waals surface area contributed by atoms with Crippen molar-refractivity contribution >= 4 is 21.8 Å². The van der Waals surface area contributed by atoms with Crippen LogP contribution in [0.4, 0.5) is 4.39 Å². The lowest BCUT2D eigenvalue weighted by atomic mass is 10.2. The number of rotatable bonds is 5. The molecule has 1 heterocycles. The van der Waals surface area contributed by atoms with E-state index in [2.05, 4.69) is 0 Å². The molecular weight excluding hydrogens is 323 g/mol. The van der Waals surface area contributed by atoms with Gasteiger partial charge in [0.05, 0.1) is 5.75 Å². The highest BCUT2D eigenvalue weighted by molar-refractivity contribution is 7.99. The number of likely N-dealkylation sites (N-methyl/N-ethyl adjacent to an activating group) is 1. The van der Waals surface area contributed by atoms with Gasteiger partial charge in [0, 0.05) is 24.9 Å². The SMILES string of the molecule is CN(C)C[C@H]1CSCCCN1S(=O)(=O)Cc1cccc(F)c1. The molecule has 124 valence electrons. The lowest BCUT2D eigenvalue weighted by Crippen LogP contribution is -2.47. The summed E-state index contributed by atoms with van der Waals surface area (Å²) in [5, 5.41) is 0. The second-order valence-corrected chi connectivity index (χ2v) is 8.91. The van der Waals surface area contributed by atoms with Crippen LogP contribution in [-0.4, -0.2) is 62.4 Å². The minimum Gasteiger partial charge on any atom is -0.308 e. The fourth-order valence-corrected chi connectivity index (χ4v) is 5.58. The first-order valence-corrected chi connectivity index (χ1v) is 10.1. The van der Waals surface area contributed by atoms with Crippen LogP contribution >= 0.6 is 11.8 Å². The molecule has 1 fully saturated rings. The molecule has 0 unspecified atom stereocenters. The predicted octanol–water partition coefficient (Wildman–Crippen LogP) is 2.02. The van der Waals surface area contributed by atoms with E-state index >= 15 is 0 Å². The molecule has 0 N–H and O–H groups in total. The van der Waals surface area contributed by atoms with Gasteiger partial charge in [-0.3, -0.25) is 0 Å². The number of nitrogens with zero attached hydrogens (tertiary/aromatic N) is 2. The minimum absolute atomic E-state index is 0.0268. The predicted molar refractivity (Wildman–Crippen MR) is 90.0 cm³/mol. The van der Waals surface area contributed by atoms with Crippen LogP contribution in [-0.2, 0) is 15.8 Å². The van der Waals surface area contributed by atoms with Gasteiger partial charge in [-0.1, -0.05) is 12.1 Å². The Balaban J connectivity index is 2.20. The van der Waals surface area contributed by atoms with Gasteiger partial charge in [0.25, 0.3) is 0 Å².